The Morgan fingerprint density at radius 2 is 1.86 bits per heavy atom. The third-order valence-corrected chi connectivity index (χ3v) is 4.79. The minimum absolute atomic E-state index is 0.0457. The quantitative estimate of drug-likeness (QED) is 0.841. The van der Waals surface area contributed by atoms with Gasteiger partial charge in [0.15, 0.2) is 0 Å². The molecule has 0 N–H and O–H groups in total. The number of rotatable bonds is 3. The van der Waals surface area contributed by atoms with Gasteiger partial charge in [-0.05, 0) is 25.0 Å². The van der Waals surface area contributed by atoms with E-state index < -0.39 is 0 Å². The summed E-state index contributed by atoms with van der Waals surface area (Å²) in [6.45, 7) is 1.55. The predicted octanol–water partition coefficient (Wildman–Crippen LogP) is 1.17. The van der Waals surface area contributed by atoms with Crippen molar-refractivity contribution in [3.05, 3.63) is 24.5 Å². The number of likely N-dealkylation sites (tertiary alicyclic amines) is 1. The molecule has 6 nitrogen and oxygen atoms in total. The first-order valence-corrected chi connectivity index (χ1v) is 8.01. The van der Waals surface area contributed by atoms with Crippen molar-refractivity contribution in [3.63, 3.8) is 0 Å². The number of piperidine rings is 1. The molecule has 0 bridgehead atoms. The lowest BCUT2D eigenvalue weighted by Crippen LogP contribution is -2.48. The van der Waals surface area contributed by atoms with Gasteiger partial charge in [0.2, 0.25) is 11.8 Å². The normalized spacial score (nSPS) is 20.4. The molecular formula is C14H17N3O3S. The van der Waals surface area contributed by atoms with Gasteiger partial charge in [-0.3, -0.25) is 19.3 Å². The molecule has 3 heterocycles. The lowest BCUT2D eigenvalue weighted by molar-refractivity contribution is -0.133. The summed E-state index contributed by atoms with van der Waals surface area (Å²) in [5.74, 6) is 0.242. The van der Waals surface area contributed by atoms with Crippen molar-refractivity contribution in [3.8, 4) is 0 Å². The third kappa shape index (κ3) is 2.97. The van der Waals surface area contributed by atoms with Gasteiger partial charge in [0.05, 0.1) is 5.75 Å². The van der Waals surface area contributed by atoms with Crippen LogP contribution in [0.2, 0.25) is 0 Å². The molecule has 0 radical (unpaired) electrons. The molecular weight excluding hydrogens is 290 g/mol. The van der Waals surface area contributed by atoms with Gasteiger partial charge < -0.3 is 9.47 Å². The topological polar surface area (TPSA) is 62.6 Å². The molecule has 3 rings (SSSR count). The zero-order valence-electron chi connectivity index (χ0n) is 11.6. The smallest absolute Gasteiger partial charge is 0.289 e. The fourth-order valence-electron chi connectivity index (χ4n) is 2.82. The number of carbonyl (C=O) groups excluding carboxylic acids is 3. The second-order valence-corrected chi connectivity index (χ2v) is 6.21. The average molecular weight is 307 g/mol. The SMILES string of the molecule is O=C(Cn1cccc1)N1CCC(N2C(=O)CSC2=O)CC1. The van der Waals surface area contributed by atoms with Crippen LogP contribution in [0.25, 0.3) is 0 Å². The molecule has 0 atom stereocenters. The first-order chi connectivity index (χ1) is 10.1. The molecule has 0 aliphatic carbocycles. The van der Waals surface area contributed by atoms with Crippen molar-refractivity contribution in [1.82, 2.24) is 14.4 Å². The van der Waals surface area contributed by atoms with E-state index in [4.69, 9.17) is 0 Å². The minimum atomic E-state index is -0.142. The Labute approximate surface area is 127 Å². The summed E-state index contributed by atoms with van der Waals surface area (Å²) in [7, 11) is 0. The van der Waals surface area contributed by atoms with E-state index in [1.165, 1.54) is 4.90 Å². The van der Waals surface area contributed by atoms with Crippen molar-refractivity contribution in [2.75, 3.05) is 18.8 Å². The molecule has 1 aromatic rings. The average Bonchev–Trinajstić information content (AvgIpc) is 3.09. The van der Waals surface area contributed by atoms with Crippen LogP contribution >= 0.6 is 11.8 Å². The zero-order chi connectivity index (χ0) is 14.8. The molecule has 112 valence electrons. The molecule has 3 amide bonds. The van der Waals surface area contributed by atoms with Gasteiger partial charge >= 0.3 is 0 Å². The van der Waals surface area contributed by atoms with Gasteiger partial charge in [0, 0.05) is 31.5 Å². The Morgan fingerprint density at radius 3 is 2.43 bits per heavy atom. The highest BCUT2D eigenvalue weighted by molar-refractivity contribution is 8.14. The summed E-state index contributed by atoms with van der Waals surface area (Å²) in [6.07, 6.45) is 5.08. The van der Waals surface area contributed by atoms with Crippen molar-refractivity contribution >= 4 is 28.8 Å². The van der Waals surface area contributed by atoms with E-state index >= 15 is 0 Å². The van der Waals surface area contributed by atoms with Crippen LogP contribution in [0.4, 0.5) is 4.79 Å². The number of amides is 3. The van der Waals surface area contributed by atoms with Crippen molar-refractivity contribution in [1.29, 1.82) is 0 Å². The number of nitrogens with zero attached hydrogens (tertiary/aromatic N) is 3. The first kappa shape index (κ1) is 14.2. The van der Waals surface area contributed by atoms with E-state index in [1.807, 2.05) is 34.0 Å². The first-order valence-electron chi connectivity index (χ1n) is 7.02. The van der Waals surface area contributed by atoms with E-state index in [2.05, 4.69) is 0 Å². The molecule has 0 unspecified atom stereocenters. The van der Waals surface area contributed by atoms with Crippen LogP contribution in [0.5, 0.6) is 0 Å². The van der Waals surface area contributed by atoms with E-state index in [9.17, 15) is 14.4 Å². The number of carbonyl (C=O) groups is 3. The lowest BCUT2D eigenvalue weighted by atomic mass is 10.0. The van der Waals surface area contributed by atoms with Gasteiger partial charge in [-0.15, -0.1) is 0 Å². The monoisotopic (exact) mass is 307 g/mol. The second kappa shape index (κ2) is 5.93. The van der Waals surface area contributed by atoms with Crippen LogP contribution in [-0.2, 0) is 16.1 Å². The standard InChI is InChI=1S/C14H17N3O3S/c18-12(9-15-5-1-2-6-15)16-7-3-11(4-8-16)17-13(19)10-21-14(17)20/h1-2,5-6,11H,3-4,7-10H2. The molecule has 0 saturated carbocycles. The van der Waals surface area contributed by atoms with Gasteiger partial charge in [-0.2, -0.15) is 0 Å². The number of hydrogen-bond acceptors (Lipinski definition) is 4. The number of thioether (sulfide) groups is 1. The minimum Gasteiger partial charge on any atom is -0.345 e. The van der Waals surface area contributed by atoms with E-state index in [-0.39, 0.29) is 28.8 Å². The van der Waals surface area contributed by atoms with Gasteiger partial charge in [-0.25, -0.2) is 0 Å². The molecule has 2 aliphatic rings. The summed E-state index contributed by atoms with van der Waals surface area (Å²) < 4.78 is 1.85. The van der Waals surface area contributed by atoms with E-state index in [0.29, 0.717) is 32.5 Å². The van der Waals surface area contributed by atoms with Crippen molar-refractivity contribution in [2.24, 2.45) is 0 Å². The fraction of sp³-hybridized carbons (Fsp3) is 0.500. The Kier molecular flexibility index (Phi) is 4.01. The number of hydrogen-bond donors (Lipinski definition) is 0. The second-order valence-electron chi connectivity index (χ2n) is 5.29. The van der Waals surface area contributed by atoms with Crippen LogP contribution in [0, 0.1) is 0 Å². The zero-order valence-corrected chi connectivity index (χ0v) is 12.4. The van der Waals surface area contributed by atoms with Gasteiger partial charge in [0.25, 0.3) is 5.24 Å². The summed E-state index contributed by atoms with van der Waals surface area (Å²) in [4.78, 5) is 38.8. The molecule has 7 heteroatoms. The maximum Gasteiger partial charge on any atom is 0.289 e. The van der Waals surface area contributed by atoms with Crippen LogP contribution < -0.4 is 0 Å². The maximum atomic E-state index is 12.2. The lowest BCUT2D eigenvalue weighted by Gasteiger charge is -2.35. The van der Waals surface area contributed by atoms with Crippen molar-refractivity contribution < 1.29 is 14.4 Å². The largest absolute Gasteiger partial charge is 0.345 e. The molecule has 2 fully saturated rings. The molecule has 2 saturated heterocycles. The van der Waals surface area contributed by atoms with Crippen LogP contribution in [0.15, 0.2) is 24.5 Å². The van der Waals surface area contributed by atoms with Crippen molar-refractivity contribution in [2.45, 2.75) is 25.4 Å². The molecule has 1 aromatic heterocycles. The van der Waals surface area contributed by atoms with Gasteiger partial charge in [-0.1, -0.05) is 11.8 Å². The maximum absolute atomic E-state index is 12.2. The van der Waals surface area contributed by atoms with E-state index in [0.717, 1.165) is 11.8 Å². The highest BCUT2D eigenvalue weighted by Gasteiger charge is 2.37. The summed E-state index contributed by atoms with van der Waals surface area (Å²) in [6, 6.07) is 3.74. The highest BCUT2D eigenvalue weighted by atomic mass is 32.2. The number of imide groups is 1. The fourth-order valence-corrected chi connectivity index (χ4v) is 3.60. The molecule has 0 spiro atoms. The Morgan fingerprint density at radius 1 is 1.19 bits per heavy atom. The summed E-state index contributed by atoms with van der Waals surface area (Å²) in [5.41, 5.74) is 0. The highest BCUT2D eigenvalue weighted by Crippen LogP contribution is 2.26. The predicted molar refractivity (Wildman–Crippen MR) is 78.7 cm³/mol. The summed E-state index contributed by atoms with van der Waals surface area (Å²) in [5, 5.41) is -0.142. The van der Waals surface area contributed by atoms with E-state index in [1.54, 1.807) is 0 Å². The van der Waals surface area contributed by atoms with Gasteiger partial charge in [0.1, 0.15) is 6.54 Å². The van der Waals surface area contributed by atoms with Crippen LogP contribution in [0.1, 0.15) is 12.8 Å². The third-order valence-electron chi connectivity index (χ3n) is 3.95. The molecule has 0 aromatic carbocycles. The number of aromatic nitrogens is 1. The Hall–Kier alpha value is -1.76. The molecule has 21 heavy (non-hydrogen) atoms. The Bertz CT molecular complexity index is 534. The summed E-state index contributed by atoms with van der Waals surface area (Å²) >= 11 is 1.07. The molecule has 2 aliphatic heterocycles. The van der Waals surface area contributed by atoms with Crippen LogP contribution in [-0.4, -0.2) is 56.3 Å². The van der Waals surface area contributed by atoms with Crippen LogP contribution in [0.3, 0.4) is 0 Å². The Balaban J connectivity index is 1.54.